The number of benzene rings is 1. The van der Waals surface area contributed by atoms with Crippen LogP contribution in [0.4, 0.5) is 0 Å². The van der Waals surface area contributed by atoms with E-state index in [-0.39, 0.29) is 5.54 Å². The van der Waals surface area contributed by atoms with E-state index < -0.39 is 0 Å². The van der Waals surface area contributed by atoms with Crippen LogP contribution in [0.15, 0.2) is 22.7 Å². The second-order valence-corrected chi connectivity index (χ2v) is 7.37. The maximum atomic E-state index is 5.94. The van der Waals surface area contributed by atoms with Gasteiger partial charge in [-0.3, -0.25) is 0 Å². The van der Waals surface area contributed by atoms with Crippen molar-refractivity contribution in [2.45, 2.75) is 64.8 Å². The molecule has 1 N–H and O–H groups in total. The molecule has 5 nitrogen and oxygen atoms in total. The summed E-state index contributed by atoms with van der Waals surface area (Å²) in [5, 5.41) is 7.78. The summed E-state index contributed by atoms with van der Waals surface area (Å²) in [5.41, 5.74) is 2.51. The Morgan fingerprint density at radius 2 is 2.00 bits per heavy atom. The normalized spacial score (nSPS) is 16.5. The summed E-state index contributed by atoms with van der Waals surface area (Å²) in [6, 6.07) is 6.36. The number of nitrogens with one attached hydrogen (secondary N) is 1. The first-order valence-corrected chi connectivity index (χ1v) is 9.29. The molecule has 2 aromatic rings. The van der Waals surface area contributed by atoms with Crippen LogP contribution >= 0.6 is 0 Å². The number of rotatable bonds is 7. The Balaban J connectivity index is 1.56. The van der Waals surface area contributed by atoms with Crippen molar-refractivity contribution in [3.63, 3.8) is 0 Å². The molecule has 0 unspecified atom stereocenters. The van der Waals surface area contributed by atoms with Crippen LogP contribution in [-0.2, 0) is 5.54 Å². The highest BCUT2D eigenvalue weighted by Crippen LogP contribution is 2.37. The highest BCUT2D eigenvalue weighted by Gasteiger charge is 2.39. The monoisotopic (exact) mass is 343 g/mol. The van der Waals surface area contributed by atoms with Crippen molar-refractivity contribution < 1.29 is 9.26 Å². The van der Waals surface area contributed by atoms with Crippen molar-refractivity contribution in [3.8, 4) is 5.75 Å². The zero-order chi connectivity index (χ0) is 17.9. The van der Waals surface area contributed by atoms with Crippen LogP contribution in [0, 0.1) is 13.8 Å². The Labute approximate surface area is 150 Å². The second kappa shape index (κ2) is 7.56. The molecule has 0 saturated heterocycles. The van der Waals surface area contributed by atoms with E-state index in [9.17, 15) is 0 Å². The van der Waals surface area contributed by atoms with Gasteiger partial charge in [-0.25, -0.2) is 0 Å². The molecule has 1 aliphatic carbocycles. The summed E-state index contributed by atoms with van der Waals surface area (Å²) in [4.78, 5) is 4.46. The van der Waals surface area contributed by atoms with Crippen LogP contribution in [0.25, 0.3) is 0 Å². The van der Waals surface area contributed by atoms with Crippen molar-refractivity contribution in [2.75, 3.05) is 13.2 Å². The summed E-state index contributed by atoms with van der Waals surface area (Å²) in [6.45, 7) is 9.80. The Kier molecular flexibility index (Phi) is 5.42. The Morgan fingerprint density at radius 1 is 1.24 bits per heavy atom. The van der Waals surface area contributed by atoms with E-state index in [0.717, 1.165) is 31.0 Å². The van der Waals surface area contributed by atoms with Gasteiger partial charge in [-0.15, -0.1) is 0 Å². The highest BCUT2D eigenvalue weighted by molar-refractivity contribution is 5.36. The van der Waals surface area contributed by atoms with E-state index in [0.29, 0.717) is 18.4 Å². The first-order chi connectivity index (χ1) is 12.0. The number of ether oxygens (including phenoxy) is 1. The predicted molar refractivity (Wildman–Crippen MR) is 97.9 cm³/mol. The topological polar surface area (TPSA) is 60.2 Å². The summed E-state index contributed by atoms with van der Waals surface area (Å²) in [7, 11) is 0. The third-order valence-corrected chi connectivity index (χ3v) is 5.11. The van der Waals surface area contributed by atoms with Gasteiger partial charge in [0, 0.05) is 13.5 Å². The summed E-state index contributed by atoms with van der Waals surface area (Å²) >= 11 is 0. The van der Waals surface area contributed by atoms with Crippen molar-refractivity contribution in [1.82, 2.24) is 15.5 Å². The fourth-order valence-corrected chi connectivity index (χ4v) is 3.80. The van der Waals surface area contributed by atoms with Crippen molar-refractivity contribution in [1.29, 1.82) is 0 Å². The molecule has 0 bridgehead atoms. The van der Waals surface area contributed by atoms with E-state index in [1.165, 1.54) is 24.0 Å². The molecule has 1 saturated carbocycles. The molecule has 1 aromatic carbocycles. The van der Waals surface area contributed by atoms with Crippen molar-refractivity contribution in [3.05, 3.63) is 41.0 Å². The standard InChI is InChI=1S/C20H29N3O2/c1-14(2)18-8-7-17(13-15(18)3)24-12-11-21-20(9-5-6-10-20)19-22-16(4)25-23-19/h7-8,13-14,21H,5-6,9-12H2,1-4H3. The Hall–Kier alpha value is -1.88. The van der Waals surface area contributed by atoms with Gasteiger partial charge in [0.2, 0.25) is 5.89 Å². The van der Waals surface area contributed by atoms with Crippen LogP contribution in [0.2, 0.25) is 0 Å². The van der Waals surface area contributed by atoms with E-state index in [1.54, 1.807) is 0 Å². The SMILES string of the molecule is Cc1nc(C2(NCCOc3ccc(C(C)C)c(C)c3)CCCC2)no1. The van der Waals surface area contributed by atoms with E-state index in [4.69, 9.17) is 9.26 Å². The summed E-state index contributed by atoms with van der Waals surface area (Å²) in [6.07, 6.45) is 4.48. The lowest BCUT2D eigenvalue weighted by atomic mass is 9.96. The predicted octanol–water partition coefficient (Wildman–Crippen LogP) is 4.25. The molecule has 0 radical (unpaired) electrons. The largest absolute Gasteiger partial charge is 0.492 e. The molecule has 136 valence electrons. The molecule has 0 spiro atoms. The van der Waals surface area contributed by atoms with Gasteiger partial charge in [0.05, 0.1) is 5.54 Å². The highest BCUT2D eigenvalue weighted by atomic mass is 16.5. The lowest BCUT2D eigenvalue weighted by molar-refractivity contribution is 0.254. The minimum Gasteiger partial charge on any atom is -0.492 e. The van der Waals surface area contributed by atoms with Gasteiger partial charge in [-0.2, -0.15) is 4.98 Å². The van der Waals surface area contributed by atoms with Crippen molar-refractivity contribution in [2.24, 2.45) is 0 Å². The summed E-state index contributed by atoms with van der Waals surface area (Å²) < 4.78 is 11.1. The zero-order valence-corrected chi connectivity index (χ0v) is 15.8. The minimum atomic E-state index is -0.154. The van der Waals surface area contributed by atoms with Crippen LogP contribution in [0.1, 0.15) is 68.3 Å². The molecule has 5 heteroatoms. The molecular formula is C20H29N3O2. The van der Waals surface area contributed by atoms with Gasteiger partial charge in [0.1, 0.15) is 12.4 Å². The van der Waals surface area contributed by atoms with Crippen LogP contribution in [0.5, 0.6) is 5.75 Å². The molecule has 1 aromatic heterocycles. The van der Waals surface area contributed by atoms with Gasteiger partial charge in [0.25, 0.3) is 0 Å². The third-order valence-electron chi connectivity index (χ3n) is 5.11. The summed E-state index contributed by atoms with van der Waals surface area (Å²) in [5.74, 6) is 2.88. The van der Waals surface area contributed by atoms with Gasteiger partial charge in [-0.1, -0.05) is 37.9 Å². The maximum absolute atomic E-state index is 5.94. The number of aryl methyl sites for hydroxylation is 2. The van der Waals surface area contributed by atoms with E-state index in [2.05, 4.69) is 54.4 Å². The van der Waals surface area contributed by atoms with Crippen LogP contribution < -0.4 is 10.1 Å². The van der Waals surface area contributed by atoms with Gasteiger partial charge in [-0.05, 0) is 48.9 Å². The van der Waals surface area contributed by atoms with E-state index >= 15 is 0 Å². The molecular weight excluding hydrogens is 314 g/mol. The first kappa shape index (κ1) is 17.9. The molecule has 0 atom stereocenters. The molecule has 1 heterocycles. The maximum Gasteiger partial charge on any atom is 0.223 e. The second-order valence-electron chi connectivity index (χ2n) is 7.37. The van der Waals surface area contributed by atoms with Gasteiger partial charge < -0.3 is 14.6 Å². The number of nitrogens with zero attached hydrogens (tertiary/aromatic N) is 2. The molecule has 0 amide bonds. The molecule has 25 heavy (non-hydrogen) atoms. The molecule has 1 fully saturated rings. The lowest BCUT2D eigenvalue weighted by Gasteiger charge is -2.26. The Morgan fingerprint density at radius 3 is 2.60 bits per heavy atom. The third kappa shape index (κ3) is 4.03. The number of hydrogen-bond donors (Lipinski definition) is 1. The fraction of sp³-hybridized carbons (Fsp3) is 0.600. The number of hydrogen-bond acceptors (Lipinski definition) is 5. The minimum absolute atomic E-state index is 0.154. The molecule has 3 rings (SSSR count). The average Bonchev–Trinajstić information content (AvgIpc) is 3.21. The molecule has 1 aliphatic rings. The smallest absolute Gasteiger partial charge is 0.223 e. The van der Waals surface area contributed by atoms with Gasteiger partial charge >= 0.3 is 0 Å². The zero-order valence-electron chi connectivity index (χ0n) is 15.8. The quantitative estimate of drug-likeness (QED) is 0.762. The number of aromatic nitrogens is 2. The molecule has 0 aliphatic heterocycles. The van der Waals surface area contributed by atoms with Crippen molar-refractivity contribution >= 4 is 0 Å². The van der Waals surface area contributed by atoms with Crippen LogP contribution in [0.3, 0.4) is 0 Å². The first-order valence-electron chi connectivity index (χ1n) is 9.29. The van der Waals surface area contributed by atoms with E-state index in [1.807, 2.05) is 6.92 Å². The lowest BCUT2D eigenvalue weighted by Crippen LogP contribution is -2.43. The van der Waals surface area contributed by atoms with Gasteiger partial charge in [0.15, 0.2) is 5.82 Å². The Bertz CT molecular complexity index is 703. The fourth-order valence-electron chi connectivity index (χ4n) is 3.80. The average molecular weight is 343 g/mol. The van der Waals surface area contributed by atoms with Crippen LogP contribution in [-0.4, -0.2) is 23.3 Å².